The maximum Gasteiger partial charge on any atom is 0.323 e. The number of aliphatic carboxylic acids is 1. The number of anilines is 3. The molecule has 0 radical (unpaired) electrons. The Labute approximate surface area is 195 Å². The number of carboxylic acid groups (broad SMARTS) is 1. The summed E-state index contributed by atoms with van der Waals surface area (Å²) >= 11 is 0. The van der Waals surface area contributed by atoms with Crippen molar-refractivity contribution in [3.8, 4) is 0 Å². The van der Waals surface area contributed by atoms with Gasteiger partial charge in [0, 0.05) is 12.6 Å². The van der Waals surface area contributed by atoms with Crippen LogP contribution in [-0.2, 0) is 4.79 Å². The van der Waals surface area contributed by atoms with Gasteiger partial charge in [0.15, 0.2) is 0 Å². The van der Waals surface area contributed by atoms with E-state index in [2.05, 4.69) is 39.3 Å². The smallest absolute Gasteiger partial charge is 0.323 e. The topological polar surface area (TPSA) is 107 Å². The van der Waals surface area contributed by atoms with Crippen molar-refractivity contribution < 1.29 is 14.7 Å². The summed E-state index contributed by atoms with van der Waals surface area (Å²) in [7, 11) is 0. The number of carbonyl (C=O) groups excluding carboxylic acids is 1. The zero-order valence-electron chi connectivity index (χ0n) is 19.8. The van der Waals surface area contributed by atoms with Gasteiger partial charge in [-0.05, 0) is 42.9 Å². The van der Waals surface area contributed by atoms with Crippen molar-refractivity contribution in [1.82, 2.24) is 9.97 Å². The van der Waals surface area contributed by atoms with E-state index >= 15 is 0 Å². The lowest BCUT2D eigenvalue weighted by atomic mass is 9.92. The fourth-order valence-corrected chi connectivity index (χ4v) is 4.55. The molecule has 3 N–H and O–H groups in total. The SMILES string of the molecule is CCC(C(=O)O)c1ccc(N(CC(C)C)C2CCCCC2)c(NC(=O)Nc2cncnc2)c1. The van der Waals surface area contributed by atoms with E-state index < -0.39 is 17.9 Å². The lowest BCUT2D eigenvalue weighted by Gasteiger charge is -2.38. The molecule has 1 atom stereocenters. The molecule has 1 heterocycles. The van der Waals surface area contributed by atoms with E-state index in [-0.39, 0.29) is 0 Å². The molecule has 1 fully saturated rings. The molecule has 1 aromatic carbocycles. The van der Waals surface area contributed by atoms with Gasteiger partial charge in [0.25, 0.3) is 0 Å². The van der Waals surface area contributed by atoms with Crippen LogP contribution in [0, 0.1) is 5.92 Å². The minimum absolute atomic E-state index is 0.402. The van der Waals surface area contributed by atoms with E-state index in [1.54, 1.807) is 0 Å². The number of amides is 2. The van der Waals surface area contributed by atoms with E-state index in [1.807, 2.05) is 25.1 Å². The lowest BCUT2D eigenvalue weighted by molar-refractivity contribution is -0.138. The van der Waals surface area contributed by atoms with E-state index in [4.69, 9.17) is 0 Å². The van der Waals surface area contributed by atoms with Gasteiger partial charge in [-0.3, -0.25) is 4.79 Å². The zero-order valence-corrected chi connectivity index (χ0v) is 19.8. The molecule has 0 aliphatic heterocycles. The fourth-order valence-electron chi connectivity index (χ4n) is 4.55. The van der Waals surface area contributed by atoms with Gasteiger partial charge in [-0.1, -0.05) is 46.1 Å². The summed E-state index contributed by atoms with van der Waals surface area (Å²) in [5, 5.41) is 15.4. The van der Waals surface area contributed by atoms with Gasteiger partial charge < -0.3 is 20.6 Å². The maximum atomic E-state index is 12.8. The molecular weight excluding hydrogens is 418 g/mol. The second kappa shape index (κ2) is 11.6. The molecule has 1 unspecified atom stereocenters. The van der Waals surface area contributed by atoms with Crippen molar-refractivity contribution in [3.63, 3.8) is 0 Å². The van der Waals surface area contributed by atoms with E-state index in [1.165, 1.54) is 38.0 Å². The van der Waals surface area contributed by atoms with Crippen molar-refractivity contribution in [2.24, 2.45) is 5.92 Å². The van der Waals surface area contributed by atoms with Crippen LogP contribution in [0.5, 0.6) is 0 Å². The first-order valence-corrected chi connectivity index (χ1v) is 11.9. The highest BCUT2D eigenvalue weighted by Crippen LogP contribution is 2.36. The molecule has 178 valence electrons. The van der Waals surface area contributed by atoms with Crippen LogP contribution < -0.4 is 15.5 Å². The minimum atomic E-state index is -0.867. The molecule has 3 rings (SSSR count). The Balaban J connectivity index is 1.97. The normalized spacial score (nSPS) is 15.2. The highest BCUT2D eigenvalue weighted by atomic mass is 16.4. The molecule has 1 aromatic heterocycles. The van der Waals surface area contributed by atoms with Crippen molar-refractivity contribution >= 4 is 29.1 Å². The van der Waals surface area contributed by atoms with Crippen LogP contribution in [-0.4, -0.2) is 39.7 Å². The second-order valence-corrected chi connectivity index (χ2v) is 9.12. The van der Waals surface area contributed by atoms with Crippen molar-refractivity contribution in [2.45, 2.75) is 71.3 Å². The van der Waals surface area contributed by atoms with Crippen LogP contribution >= 0.6 is 0 Å². The second-order valence-electron chi connectivity index (χ2n) is 9.12. The Kier molecular flexibility index (Phi) is 8.63. The number of rotatable bonds is 9. The number of nitrogens with zero attached hydrogens (tertiary/aromatic N) is 3. The minimum Gasteiger partial charge on any atom is -0.481 e. The van der Waals surface area contributed by atoms with Gasteiger partial charge in [0.2, 0.25) is 0 Å². The summed E-state index contributed by atoms with van der Waals surface area (Å²) in [6.07, 6.45) is 10.8. The first-order chi connectivity index (χ1) is 15.9. The molecule has 2 aromatic rings. The number of carboxylic acids is 1. The van der Waals surface area contributed by atoms with E-state index in [0.29, 0.717) is 35.3 Å². The van der Waals surface area contributed by atoms with Gasteiger partial charge in [-0.2, -0.15) is 0 Å². The fraction of sp³-hybridized carbons (Fsp3) is 0.520. The monoisotopic (exact) mass is 453 g/mol. The third kappa shape index (κ3) is 6.66. The summed E-state index contributed by atoms with van der Waals surface area (Å²) in [6, 6.07) is 5.66. The van der Waals surface area contributed by atoms with Crippen molar-refractivity contribution in [3.05, 3.63) is 42.5 Å². The Hall–Kier alpha value is -3.16. The Bertz CT molecular complexity index is 929. The maximum absolute atomic E-state index is 12.8. The van der Waals surface area contributed by atoms with Crippen LogP contribution in [0.3, 0.4) is 0 Å². The molecule has 1 aliphatic rings. The summed E-state index contributed by atoms with van der Waals surface area (Å²) in [5.74, 6) is -1.05. The Morgan fingerprint density at radius 2 is 1.82 bits per heavy atom. The molecule has 8 heteroatoms. The average molecular weight is 454 g/mol. The molecule has 1 saturated carbocycles. The standard InChI is InChI=1S/C25H35N5O3/c1-4-21(24(31)32)18-10-11-23(30(15-17(2)3)20-8-6-5-7-9-20)22(12-18)29-25(33)28-19-13-26-16-27-14-19/h10-14,16-17,20-21H,4-9,15H2,1-3H3,(H,31,32)(H2,28,29,33). The lowest BCUT2D eigenvalue weighted by Crippen LogP contribution is -2.40. The number of hydrogen-bond donors (Lipinski definition) is 3. The highest BCUT2D eigenvalue weighted by Gasteiger charge is 2.26. The van der Waals surface area contributed by atoms with Gasteiger partial charge in [0.1, 0.15) is 6.33 Å². The number of carbonyl (C=O) groups is 2. The molecular formula is C25H35N5O3. The van der Waals surface area contributed by atoms with Crippen molar-refractivity contribution in [2.75, 3.05) is 22.1 Å². The number of nitrogens with one attached hydrogen (secondary N) is 2. The quantitative estimate of drug-likeness (QED) is 0.463. The van der Waals surface area contributed by atoms with Gasteiger partial charge in [-0.15, -0.1) is 0 Å². The number of aromatic nitrogens is 2. The molecule has 0 bridgehead atoms. The molecule has 0 saturated heterocycles. The molecule has 1 aliphatic carbocycles. The first kappa shape index (κ1) is 24.5. The molecule has 2 amide bonds. The summed E-state index contributed by atoms with van der Waals surface area (Å²) < 4.78 is 0. The number of benzene rings is 1. The largest absolute Gasteiger partial charge is 0.481 e. The van der Waals surface area contributed by atoms with Crippen molar-refractivity contribution in [1.29, 1.82) is 0 Å². The number of hydrogen-bond acceptors (Lipinski definition) is 5. The third-order valence-corrected chi connectivity index (χ3v) is 6.08. The van der Waals surface area contributed by atoms with E-state index in [9.17, 15) is 14.7 Å². The van der Waals surface area contributed by atoms with Gasteiger partial charge in [0.05, 0.1) is 35.4 Å². The van der Waals surface area contributed by atoms with Gasteiger partial charge >= 0.3 is 12.0 Å². The summed E-state index contributed by atoms with van der Waals surface area (Å²) in [4.78, 5) is 34.9. The highest BCUT2D eigenvalue weighted by molar-refractivity contribution is 6.02. The third-order valence-electron chi connectivity index (χ3n) is 6.08. The van der Waals surface area contributed by atoms with Crippen LogP contribution in [0.1, 0.15) is 70.8 Å². The predicted molar refractivity (Wildman–Crippen MR) is 131 cm³/mol. The molecule has 8 nitrogen and oxygen atoms in total. The Morgan fingerprint density at radius 1 is 1.12 bits per heavy atom. The first-order valence-electron chi connectivity index (χ1n) is 11.9. The van der Waals surface area contributed by atoms with Crippen LogP contribution in [0.2, 0.25) is 0 Å². The van der Waals surface area contributed by atoms with E-state index in [0.717, 1.165) is 25.1 Å². The summed E-state index contributed by atoms with van der Waals surface area (Å²) in [5.41, 5.74) is 2.71. The van der Waals surface area contributed by atoms with Crippen LogP contribution in [0.4, 0.5) is 21.9 Å². The van der Waals surface area contributed by atoms with Crippen LogP contribution in [0.25, 0.3) is 0 Å². The average Bonchev–Trinajstić information content (AvgIpc) is 2.79. The predicted octanol–water partition coefficient (Wildman–Crippen LogP) is 5.49. The Morgan fingerprint density at radius 3 is 2.42 bits per heavy atom. The molecule has 0 spiro atoms. The number of urea groups is 1. The van der Waals surface area contributed by atoms with Gasteiger partial charge in [-0.25, -0.2) is 14.8 Å². The molecule has 33 heavy (non-hydrogen) atoms. The summed E-state index contributed by atoms with van der Waals surface area (Å²) in [6.45, 7) is 7.10. The van der Waals surface area contributed by atoms with Crippen LogP contribution in [0.15, 0.2) is 36.9 Å². The zero-order chi connectivity index (χ0) is 23.8.